The van der Waals surface area contributed by atoms with Gasteiger partial charge in [0.25, 0.3) is 5.91 Å². The second kappa shape index (κ2) is 3.75. The van der Waals surface area contributed by atoms with Gasteiger partial charge in [0.05, 0.1) is 11.4 Å². The van der Waals surface area contributed by atoms with Crippen molar-refractivity contribution in [2.75, 3.05) is 10.2 Å². The number of rotatable bonds is 2. The summed E-state index contributed by atoms with van der Waals surface area (Å²) in [6.07, 6.45) is 3.34. The monoisotopic (exact) mass is 270 g/mol. The molecule has 20 heavy (non-hydrogen) atoms. The molecule has 2 N–H and O–H groups in total. The second-order valence-electron chi connectivity index (χ2n) is 6.11. The number of aryl methyl sites for hydroxylation is 1. The number of para-hydroxylation sites is 1. The molecule has 1 aromatic rings. The van der Waals surface area contributed by atoms with Gasteiger partial charge in [0.15, 0.2) is 0 Å². The van der Waals surface area contributed by atoms with Crippen molar-refractivity contribution in [2.24, 2.45) is 10.5 Å². The number of fused-ring (bicyclic) bond motifs is 3. The largest absolute Gasteiger partial charge is 0.317 e. The molecule has 0 spiro atoms. The molecule has 5 nitrogen and oxygen atoms in total. The van der Waals surface area contributed by atoms with Crippen molar-refractivity contribution in [3.05, 3.63) is 23.8 Å². The Balaban J connectivity index is 1.86. The molecule has 0 radical (unpaired) electrons. The van der Waals surface area contributed by atoms with Gasteiger partial charge in [-0.25, -0.2) is 0 Å². The van der Waals surface area contributed by atoms with E-state index in [4.69, 9.17) is 0 Å². The van der Waals surface area contributed by atoms with Crippen LogP contribution in [0.5, 0.6) is 0 Å². The summed E-state index contributed by atoms with van der Waals surface area (Å²) in [5, 5.41) is 7.25. The Hall–Kier alpha value is -2.04. The van der Waals surface area contributed by atoms with Gasteiger partial charge in [0.2, 0.25) is 5.84 Å². The highest BCUT2D eigenvalue weighted by Crippen LogP contribution is 2.52. The molecule has 1 fully saturated rings. The normalized spacial score (nSPS) is 25.3. The summed E-state index contributed by atoms with van der Waals surface area (Å²) in [6.45, 7) is 4.35. The van der Waals surface area contributed by atoms with Crippen LogP contribution in [-0.2, 0) is 11.2 Å². The number of carbonyl (C=O) groups is 1. The Morgan fingerprint density at radius 1 is 1.45 bits per heavy atom. The van der Waals surface area contributed by atoms with E-state index in [9.17, 15) is 4.79 Å². The van der Waals surface area contributed by atoms with Crippen molar-refractivity contribution in [1.82, 2.24) is 5.43 Å². The maximum atomic E-state index is 12.3. The van der Waals surface area contributed by atoms with E-state index in [0.717, 1.165) is 17.8 Å². The van der Waals surface area contributed by atoms with Crippen LogP contribution >= 0.6 is 0 Å². The molecule has 1 aromatic carbocycles. The van der Waals surface area contributed by atoms with Crippen molar-refractivity contribution < 1.29 is 4.79 Å². The summed E-state index contributed by atoms with van der Waals surface area (Å²) < 4.78 is 0. The minimum Gasteiger partial charge on any atom is -0.317 e. The third-order valence-electron chi connectivity index (χ3n) is 4.69. The number of hydrogen-bond donors (Lipinski definition) is 2. The van der Waals surface area contributed by atoms with Gasteiger partial charge in [-0.3, -0.25) is 15.1 Å². The van der Waals surface area contributed by atoms with E-state index in [1.807, 2.05) is 0 Å². The van der Waals surface area contributed by atoms with E-state index < -0.39 is 0 Å². The average molecular weight is 270 g/mol. The molecule has 1 unspecified atom stereocenters. The number of hydrogen-bond acceptors (Lipinski definition) is 4. The Morgan fingerprint density at radius 2 is 2.25 bits per heavy atom. The molecule has 1 saturated carbocycles. The lowest BCUT2D eigenvalue weighted by Gasteiger charge is -2.35. The van der Waals surface area contributed by atoms with Crippen molar-refractivity contribution in [3.8, 4) is 0 Å². The van der Waals surface area contributed by atoms with Crippen LogP contribution in [0.15, 0.2) is 23.3 Å². The minimum absolute atomic E-state index is 0.0920. The van der Waals surface area contributed by atoms with Gasteiger partial charge in [-0.1, -0.05) is 26.0 Å². The van der Waals surface area contributed by atoms with Crippen LogP contribution < -0.4 is 15.6 Å². The summed E-state index contributed by atoms with van der Waals surface area (Å²) in [4.78, 5) is 14.4. The van der Waals surface area contributed by atoms with Crippen LogP contribution in [0.25, 0.3) is 0 Å². The first-order valence-electron chi connectivity index (χ1n) is 7.20. The Labute approximate surface area is 118 Å². The average Bonchev–Trinajstić information content (AvgIpc) is 3.03. The van der Waals surface area contributed by atoms with Crippen molar-refractivity contribution in [2.45, 2.75) is 39.3 Å². The first-order chi connectivity index (χ1) is 9.64. The maximum Gasteiger partial charge on any atom is 0.293 e. The summed E-state index contributed by atoms with van der Waals surface area (Å²) in [7, 11) is 0. The Morgan fingerprint density at radius 3 is 2.95 bits per heavy atom. The second-order valence-corrected chi connectivity index (χ2v) is 6.11. The fourth-order valence-corrected chi connectivity index (χ4v) is 3.10. The number of benzene rings is 1. The number of nitrogens with one attached hydrogen (secondary N) is 2. The fourth-order valence-electron chi connectivity index (χ4n) is 3.10. The molecular formula is C15H18N4O. The standard InChI is InChI=1S/C15H18N4O/c1-3-9-5-4-6-10-11(9)16-13(20)12-17-18-14(19(10)12)15(2)7-8-15/h4-6,14,18H,3,7-8H2,1-2H3,(H,16,20). The number of hydrazone groups is 1. The third kappa shape index (κ3) is 1.43. The van der Waals surface area contributed by atoms with E-state index in [-0.39, 0.29) is 17.5 Å². The Bertz CT molecular complexity index is 633. The number of anilines is 2. The molecule has 0 saturated heterocycles. The van der Waals surface area contributed by atoms with Gasteiger partial charge in [-0.15, -0.1) is 0 Å². The lowest BCUT2D eigenvalue weighted by molar-refractivity contribution is -0.110. The summed E-state index contributed by atoms with van der Waals surface area (Å²) >= 11 is 0. The number of carbonyl (C=O) groups excluding carboxylic acids is 1. The topological polar surface area (TPSA) is 56.7 Å². The van der Waals surface area contributed by atoms with Gasteiger partial charge in [-0.2, -0.15) is 5.10 Å². The highest BCUT2D eigenvalue weighted by atomic mass is 16.2. The smallest absolute Gasteiger partial charge is 0.293 e. The first-order valence-corrected chi connectivity index (χ1v) is 7.20. The quantitative estimate of drug-likeness (QED) is 0.864. The van der Waals surface area contributed by atoms with Gasteiger partial charge < -0.3 is 5.32 Å². The summed E-state index contributed by atoms with van der Waals surface area (Å²) in [6, 6.07) is 6.19. The highest BCUT2D eigenvalue weighted by Gasteiger charge is 2.53. The van der Waals surface area contributed by atoms with Gasteiger partial charge >= 0.3 is 0 Å². The molecule has 0 aromatic heterocycles. The molecular weight excluding hydrogens is 252 g/mol. The minimum atomic E-state index is -0.113. The molecule has 3 aliphatic rings. The van der Waals surface area contributed by atoms with E-state index >= 15 is 0 Å². The molecule has 1 aliphatic carbocycles. The zero-order valence-electron chi connectivity index (χ0n) is 11.7. The van der Waals surface area contributed by atoms with E-state index in [1.165, 1.54) is 18.4 Å². The molecule has 104 valence electrons. The maximum absolute atomic E-state index is 12.3. The van der Waals surface area contributed by atoms with Gasteiger partial charge in [0, 0.05) is 5.41 Å². The van der Waals surface area contributed by atoms with Crippen LogP contribution in [0, 0.1) is 5.41 Å². The predicted octanol–water partition coefficient (Wildman–Crippen LogP) is 2.05. The van der Waals surface area contributed by atoms with E-state index in [0.29, 0.717) is 5.84 Å². The molecule has 0 bridgehead atoms. The van der Waals surface area contributed by atoms with Crippen molar-refractivity contribution in [3.63, 3.8) is 0 Å². The SMILES string of the molecule is CCc1cccc2c1NC(=O)C1=NNC(C3(C)CC3)N12. The van der Waals surface area contributed by atoms with Crippen molar-refractivity contribution >= 4 is 23.1 Å². The first kappa shape index (κ1) is 11.8. The van der Waals surface area contributed by atoms with E-state index in [2.05, 4.69) is 52.8 Å². The van der Waals surface area contributed by atoms with Gasteiger partial charge in [0.1, 0.15) is 6.17 Å². The zero-order chi connectivity index (χ0) is 13.9. The summed E-state index contributed by atoms with van der Waals surface area (Å²) in [5.74, 6) is 0.376. The predicted molar refractivity (Wildman–Crippen MR) is 78.6 cm³/mol. The van der Waals surface area contributed by atoms with Crippen LogP contribution in [-0.4, -0.2) is 17.9 Å². The lowest BCUT2D eigenvalue weighted by atomic mass is 10.0. The van der Waals surface area contributed by atoms with Crippen LogP contribution in [0.4, 0.5) is 11.4 Å². The third-order valence-corrected chi connectivity index (χ3v) is 4.69. The molecule has 1 atom stereocenters. The Kier molecular flexibility index (Phi) is 2.20. The molecule has 4 rings (SSSR count). The molecule has 2 heterocycles. The molecule has 2 aliphatic heterocycles. The number of amidine groups is 1. The lowest BCUT2D eigenvalue weighted by Crippen LogP contribution is -2.51. The van der Waals surface area contributed by atoms with Gasteiger partial charge in [-0.05, 0) is 30.9 Å². The molecule has 1 amide bonds. The van der Waals surface area contributed by atoms with Crippen LogP contribution in [0.1, 0.15) is 32.3 Å². The van der Waals surface area contributed by atoms with Crippen molar-refractivity contribution in [1.29, 1.82) is 0 Å². The number of amides is 1. The molecule has 5 heteroatoms. The zero-order valence-corrected chi connectivity index (χ0v) is 11.7. The summed E-state index contributed by atoms with van der Waals surface area (Å²) in [5.41, 5.74) is 6.54. The van der Waals surface area contributed by atoms with Crippen LogP contribution in [0.2, 0.25) is 0 Å². The number of nitrogens with zero attached hydrogens (tertiary/aromatic N) is 2. The fraction of sp³-hybridized carbons (Fsp3) is 0.467. The van der Waals surface area contributed by atoms with E-state index in [1.54, 1.807) is 0 Å². The highest BCUT2D eigenvalue weighted by molar-refractivity contribution is 6.49. The van der Waals surface area contributed by atoms with Crippen LogP contribution in [0.3, 0.4) is 0 Å².